The lowest BCUT2D eigenvalue weighted by Gasteiger charge is -2.08. The third-order valence-electron chi connectivity index (χ3n) is 2.65. The molecule has 0 saturated heterocycles. The highest BCUT2D eigenvalue weighted by atomic mass is 16.5. The number of hydrogen-bond acceptors (Lipinski definition) is 4. The van der Waals surface area contributed by atoms with Gasteiger partial charge in [0.2, 0.25) is 5.91 Å². The molecule has 0 aliphatic heterocycles. The van der Waals surface area contributed by atoms with Crippen molar-refractivity contribution in [3.63, 3.8) is 0 Å². The van der Waals surface area contributed by atoms with Crippen molar-refractivity contribution in [1.82, 2.24) is 0 Å². The van der Waals surface area contributed by atoms with E-state index < -0.39 is 0 Å². The molecule has 3 N–H and O–H groups in total. The number of rotatable bonds is 10. The summed E-state index contributed by atoms with van der Waals surface area (Å²) in [6, 6.07) is 7.22. The lowest BCUT2D eigenvalue weighted by molar-refractivity contribution is -0.116. The maximum atomic E-state index is 11.7. The van der Waals surface area contributed by atoms with Gasteiger partial charge < -0.3 is 20.5 Å². The Morgan fingerprint density at radius 1 is 1.15 bits per heavy atom. The highest BCUT2D eigenvalue weighted by Crippen LogP contribution is 2.16. The minimum atomic E-state index is -0.0475. The second-order valence-corrected chi connectivity index (χ2v) is 4.46. The van der Waals surface area contributed by atoms with E-state index in [1.165, 1.54) is 0 Å². The van der Waals surface area contributed by atoms with E-state index in [1.807, 2.05) is 12.1 Å². The zero-order valence-corrected chi connectivity index (χ0v) is 12.1. The van der Waals surface area contributed by atoms with Crippen LogP contribution in [0.2, 0.25) is 0 Å². The third kappa shape index (κ3) is 7.11. The first kappa shape index (κ1) is 16.5. The Morgan fingerprint density at radius 2 is 1.85 bits per heavy atom. The molecule has 0 aliphatic rings. The third-order valence-corrected chi connectivity index (χ3v) is 2.65. The standard InChI is InChI=1S/C15H24N2O3/c1-2-9-19-11-12-20-10-5-8-15(18)17-14-7-4-3-6-13(14)16/h3-4,6-7H,2,5,8-12,16H2,1H3,(H,17,18). The number of benzene rings is 1. The van der Waals surface area contributed by atoms with Crippen LogP contribution in [0.4, 0.5) is 11.4 Å². The Hall–Kier alpha value is -1.59. The van der Waals surface area contributed by atoms with Crippen LogP contribution in [0.3, 0.4) is 0 Å². The maximum Gasteiger partial charge on any atom is 0.224 e. The van der Waals surface area contributed by atoms with Crippen molar-refractivity contribution in [2.45, 2.75) is 26.2 Å². The van der Waals surface area contributed by atoms with Gasteiger partial charge in [-0.15, -0.1) is 0 Å². The number of amides is 1. The van der Waals surface area contributed by atoms with Gasteiger partial charge in [0, 0.05) is 19.6 Å². The van der Waals surface area contributed by atoms with Crippen LogP contribution in [-0.2, 0) is 14.3 Å². The fourth-order valence-electron chi connectivity index (χ4n) is 1.62. The van der Waals surface area contributed by atoms with E-state index in [-0.39, 0.29) is 5.91 Å². The van der Waals surface area contributed by atoms with E-state index >= 15 is 0 Å². The summed E-state index contributed by atoms with van der Waals surface area (Å²) < 4.78 is 10.7. The van der Waals surface area contributed by atoms with Gasteiger partial charge in [-0.05, 0) is 25.0 Å². The summed E-state index contributed by atoms with van der Waals surface area (Å²) in [7, 11) is 0. The number of carbonyl (C=O) groups excluding carboxylic acids is 1. The predicted molar refractivity (Wildman–Crippen MR) is 80.6 cm³/mol. The number of nitrogens with one attached hydrogen (secondary N) is 1. The summed E-state index contributed by atoms with van der Waals surface area (Å²) in [6.07, 6.45) is 2.12. The first-order chi connectivity index (χ1) is 9.74. The number of anilines is 2. The largest absolute Gasteiger partial charge is 0.397 e. The number of hydrogen-bond donors (Lipinski definition) is 2. The zero-order valence-electron chi connectivity index (χ0n) is 12.1. The van der Waals surface area contributed by atoms with Gasteiger partial charge in [-0.3, -0.25) is 4.79 Å². The molecule has 20 heavy (non-hydrogen) atoms. The molecular formula is C15H24N2O3. The second-order valence-electron chi connectivity index (χ2n) is 4.46. The quantitative estimate of drug-likeness (QED) is 0.510. The van der Waals surface area contributed by atoms with Gasteiger partial charge in [-0.1, -0.05) is 19.1 Å². The number of nitrogen functional groups attached to an aromatic ring is 1. The molecule has 0 bridgehead atoms. The monoisotopic (exact) mass is 280 g/mol. The Labute approximate surface area is 120 Å². The van der Waals surface area contributed by atoms with Crippen LogP contribution >= 0.6 is 0 Å². The van der Waals surface area contributed by atoms with E-state index in [0.717, 1.165) is 13.0 Å². The molecule has 0 aliphatic carbocycles. The van der Waals surface area contributed by atoms with Crippen LogP contribution in [0.1, 0.15) is 26.2 Å². The lowest BCUT2D eigenvalue weighted by Crippen LogP contribution is -2.14. The average Bonchev–Trinajstić information content (AvgIpc) is 2.44. The Balaban J connectivity index is 2.05. The summed E-state index contributed by atoms with van der Waals surface area (Å²) in [6.45, 7) is 4.59. The topological polar surface area (TPSA) is 73.6 Å². The van der Waals surface area contributed by atoms with E-state index in [2.05, 4.69) is 12.2 Å². The molecule has 5 nitrogen and oxygen atoms in total. The highest BCUT2D eigenvalue weighted by Gasteiger charge is 2.04. The van der Waals surface area contributed by atoms with Crippen LogP contribution in [0.15, 0.2) is 24.3 Å². The first-order valence-corrected chi connectivity index (χ1v) is 7.04. The Morgan fingerprint density at radius 3 is 2.55 bits per heavy atom. The van der Waals surface area contributed by atoms with Crippen LogP contribution < -0.4 is 11.1 Å². The van der Waals surface area contributed by atoms with E-state index in [1.54, 1.807) is 12.1 Å². The molecule has 0 heterocycles. The summed E-state index contributed by atoms with van der Waals surface area (Å²) in [4.78, 5) is 11.7. The van der Waals surface area contributed by atoms with Crippen molar-refractivity contribution < 1.29 is 14.3 Å². The normalized spacial score (nSPS) is 10.4. The smallest absolute Gasteiger partial charge is 0.224 e. The van der Waals surface area contributed by atoms with Crippen LogP contribution in [0.5, 0.6) is 0 Å². The lowest BCUT2D eigenvalue weighted by atomic mass is 10.2. The molecule has 1 rings (SSSR count). The van der Waals surface area contributed by atoms with Gasteiger partial charge in [-0.25, -0.2) is 0 Å². The zero-order chi connectivity index (χ0) is 14.6. The maximum absolute atomic E-state index is 11.7. The molecule has 0 saturated carbocycles. The summed E-state index contributed by atoms with van der Waals surface area (Å²) >= 11 is 0. The minimum Gasteiger partial charge on any atom is -0.397 e. The van der Waals surface area contributed by atoms with Crippen molar-refractivity contribution in [3.8, 4) is 0 Å². The molecule has 0 aromatic heterocycles. The van der Waals surface area contributed by atoms with Crippen LogP contribution in [0, 0.1) is 0 Å². The number of para-hydroxylation sites is 2. The molecule has 0 unspecified atom stereocenters. The van der Waals surface area contributed by atoms with Crippen LogP contribution in [-0.4, -0.2) is 32.3 Å². The van der Waals surface area contributed by atoms with E-state index in [0.29, 0.717) is 44.0 Å². The summed E-state index contributed by atoms with van der Waals surface area (Å²) in [5.41, 5.74) is 6.98. The molecule has 0 fully saturated rings. The molecule has 0 spiro atoms. The highest BCUT2D eigenvalue weighted by molar-refractivity contribution is 5.93. The Bertz CT molecular complexity index is 396. The fourth-order valence-corrected chi connectivity index (χ4v) is 1.62. The summed E-state index contributed by atoms with van der Waals surface area (Å²) in [5, 5.41) is 2.78. The van der Waals surface area contributed by atoms with Crippen LogP contribution in [0.25, 0.3) is 0 Å². The second kappa shape index (κ2) is 10.2. The van der Waals surface area contributed by atoms with Crippen molar-refractivity contribution in [2.75, 3.05) is 37.5 Å². The number of ether oxygens (including phenoxy) is 2. The summed E-state index contributed by atoms with van der Waals surface area (Å²) in [5.74, 6) is -0.0475. The fraction of sp³-hybridized carbons (Fsp3) is 0.533. The van der Waals surface area contributed by atoms with Crippen molar-refractivity contribution in [2.24, 2.45) is 0 Å². The Kier molecular flexibility index (Phi) is 8.42. The number of carbonyl (C=O) groups is 1. The molecule has 1 aromatic rings. The van der Waals surface area contributed by atoms with Gasteiger partial charge in [0.15, 0.2) is 0 Å². The van der Waals surface area contributed by atoms with Crippen molar-refractivity contribution in [1.29, 1.82) is 0 Å². The minimum absolute atomic E-state index is 0.0475. The average molecular weight is 280 g/mol. The van der Waals surface area contributed by atoms with Gasteiger partial charge in [0.25, 0.3) is 0 Å². The van der Waals surface area contributed by atoms with Crippen molar-refractivity contribution >= 4 is 17.3 Å². The van der Waals surface area contributed by atoms with Gasteiger partial charge in [0.1, 0.15) is 0 Å². The molecule has 5 heteroatoms. The van der Waals surface area contributed by atoms with Gasteiger partial charge in [0.05, 0.1) is 24.6 Å². The van der Waals surface area contributed by atoms with E-state index in [9.17, 15) is 4.79 Å². The predicted octanol–water partition coefficient (Wildman–Crippen LogP) is 2.43. The van der Waals surface area contributed by atoms with E-state index in [4.69, 9.17) is 15.2 Å². The first-order valence-electron chi connectivity index (χ1n) is 7.04. The van der Waals surface area contributed by atoms with Crippen molar-refractivity contribution in [3.05, 3.63) is 24.3 Å². The number of nitrogens with two attached hydrogens (primary N) is 1. The van der Waals surface area contributed by atoms with Gasteiger partial charge in [-0.2, -0.15) is 0 Å². The SMILES string of the molecule is CCCOCCOCCCC(=O)Nc1ccccc1N. The van der Waals surface area contributed by atoms with Gasteiger partial charge >= 0.3 is 0 Å². The molecule has 0 atom stereocenters. The molecule has 0 radical (unpaired) electrons. The molecule has 112 valence electrons. The molecular weight excluding hydrogens is 256 g/mol. The molecule has 1 aromatic carbocycles. The molecule has 1 amide bonds.